The quantitative estimate of drug-likeness (QED) is 0.666. The van der Waals surface area contributed by atoms with Crippen molar-refractivity contribution in [3.63, 3.8) is 0 Å². The molecule has 0 aromatic rings. The number of aliphatic carboxylic acids is 1. The summed E-state index contributed by atoms with van der Waals surface area (Å²) in [6.07, 6.45) is 7.76. The minimum absolute atomic E-state index is 0. The Morgan fingerprint density at radius 1 is 1.00 bits per heavy atom. The van der Waals surface area contributed by atoms with Gasteiger partial charge in [-0.1, -0.05) is 32.1 Å². The van der Waals surface area contributed by atoms with E-state index in [9.17, 15) is 4.79 Å². The van der Waals surface area contributed by atoms with Gasteiger partial charge in [-0.15, -0.1) is 0 Å². The van der Waals surface area contributed by atoms with Crippen LogP contribution < -0.4 is 0 Å². The Morgan fingerprint density at radius 2 is 1.42 bits per heavy atom. The van der Waals surface area contributed by atoms with Crippen molar-refractivity contribution in [1.29, 1.82) is 0 Å². The van der Waals surface area contributed by atoms with Crippen LogP contribution in [0.5, 0.6) is 0 Å². The van der Waals surface area contributed by atoms with Crippen molar-refractivity contribution in [3.8, 4) is 0 Å². The molecule has 1 fully saturated rings. The van der Waals surface area contributed by atoms with E-state index in [0.29, 0.717) is 0 Å². The Kier molecular flexibility index (Phi) is 6.78. The van der Waals surface area contributed by atoms with Crippen LogP contribution in [0.4, 0.5) is 0 Å². The van der Waals surface area contributed by atoms with E-state index in [1.807, 2.05) is 0 Å². The monoisotopic (exact) mass is 204 g/mol. The molecule has 68 valence electrons. The maximum absolute atomic E-state index is 10.6. The van der Waals surface area contributed by atoms with Crippen LogP contribution in [0.1, 0.15) is 44.9 Å². The van der Waals surface area contributed by atoms with Gasteiger partial charge in [0.25, 0.3) is 0 Å². The average Bonchev–Trinajstić information content (AvgIpc) is 1.84. The number of carboxylic acid groups (broad SMARTS) is 1. The van der Waals surface area contributed by atoms with Crippen molar-refractivity contribution in [2.24, 2.45) is 5.92 Å². The third-order valence-corrected chi connectivity index (χ3v) is 2.45. The molecule has 0 atom stereocenters. The van der Waals surface area contributed by atoms with Gasteiger partial charge in [-0.05, 0) is 12.8 Å². The zero-order chi connectivity index (χ0) is 8.10. The fraction of sp³-hybridized carbons (Fsp3) is 0.889. The van der Waals surface area contributed by atoms with Gasteiger partial charge in [-0.3, -0.25) is 4.79 Å². The number of rotatable bonds is 1. The summed E-state index contributed by atoms with van der Waals surface area (Å²) in [5, 5.41) is 8.76. The van der Waals surface area contributed by atoms with Crippen LogP contribution in [0, 0.1) is 5.92 Å². The number of carboxylic acids is 1. The molecule has 0 aromatic heterocycles. The molecule has 0 heterocycles. The van der Waals surface area contributed by atoms with Crippen LogP contribution in [0.15, 0.2) is 0 Å². The normalized spacial score (nSPS) is 20.3. The van der Waals surface area contributed by atoms with E-state index in [2.05, 4.69) is 0 Å². The molecule has 0 radical (unpaired) electrons. The summed E-state index contributed by atoms with van der Waals surface area (Å²) < 4.78 is 0. The van der Waals surface area contributed by atoms with Gasteiger partial charge in [0.05, 0.1) is 5.92 Å². The molecule has 1 rings (SSSR count). The van der Waals surface area contributed by atoms with E-state index in [4.69, 9.17) is 5.11 Å². The van der Waals surface area contributed by atoms with Gasteiger partial charge < -0.3 is 5.11 Å². The number of hydrogen-bond acceptors (Lipinski definition) is 1. The summed E-state index contributed by atoms with van der Waals surface area (Å²) in [5.74, 6) is -0.637. The molecule has 3 heteroatoms. The van der Waals surface area contributed by atoms with E-state index in [-0.39, 0.29) is 27.6 Å². The van der Waals surface area contributed by atoms with Gasteiger partial charge in [-0.25, -0.2) is 0 Å². The second kappa shape index (κ2) is 6.67. The molecule has 2 nitrogen and oxygen atoms in total. The fourth-order valence-corrected chi connectivity index (χ4v) is 1.70. The second-order valence-corrected chi connectivity index (χ2v) is 3.38. The minimum Gasteiger partial charge on any atom is -0.481 e. The van der Waals surface area contributed by atoms with Crippen molar-refractivity contribution in [3.05, 3.63) is 0 Å². The Labute approximate surface area is 88.6 Å². The average molecular weight is 204 g/mol. The van der Waals surface area contributed by atoms with Crippen LogP contribution in [0.25, 0.3) is 0 Å². The molecular weight excluding hydrogens is 188 g/mol. The molecule has 0 unspecified atom stereocenters. The fourth-order valence-electron chi connectivity index (χ4n) is 1.70. The second-order valence-electron chi connectivity index (χ2n) is 3.38. The zero-order valence-corrected chi connectivity index (χ0v) is 8.94. The molecule has 0 aromatic carbocycles. The van der Waals surface area contributed by atoms with Crippen molar-refractivity contribution in [2.75, 3.05) is 0 Å². The van der Waals surface area contributed by atoms with Crippen molar-refractivity contribution < 1.29 is 31.6 Å². The van der Waals surface area contributed by atoms with Crippen LogP contribution >= 0.6 is 0 Å². The molecule has 1 N–H and O–H groups in total. The van der Waals surface area contributed by atoms with E-state index >= 15 is 0 Å². The summed E-state index contributed by atoms with van der Waals surface area (Å²) in [6, 6.07) is 0. The Hall–Kier alpha value is 0.184. The topological polar surface area (TPSA) is 37.3 Å². The van der Waals surface area contributed by atoms with E-state index in [1.54, 1.807) is 0 Å². The molecule has 0 spiro atoms. The molecule has 0 aliphatic heterocycles. The standard InChI is InChI=1S/C9H16O2.Ti/c10-9(11)8-6-4-2-1-3-5-7-8;/h8H,1-7H2,(H,10,11);. The van der Waals surface area contributed by atoms with Crippen LogP contribution in [0.2, 0.25) is 0 Å². The van der Waals surface area contributed by atoms with Crippen molar-refractivity contribution in [2.45, 2.75) is 44.9 Å². The summed E-state index contributed by atoms with van der Waals surface area (Å²) in [4.78, 5) is 10.6. The molecule has 1 saturated carbocycles. The molecule has 1 aliphatic carbocycles. The molecule has 0 bridgehead atoms. The van der Waals surface area contributed by atoms with Gasteiger partial charge in [0.15, 0.2) is 0 Å². The zero-order valence-electron chi connectivity index (χ0n) is 7.38. The number of hydrogen-bond donors (Lipinski definition) is 1. The molecule has 12 heavy (non-hydrogen) atoms. The van der Waals surface area contributed by atoms with Gasteiger partial charge in [0.1, 0.15) is 0 Å². The molecular formula is C9H16O2Ti. The Morgan fingerprint density at radius 3 is 1.83 bits per heavy atom. The third kappa shape index (κ3) is 4.27. The molecule has 0 saturated heterocycles. The van der Waals surface area contributed by atoms with Crippen LogP contribution in [-0.4, -0.2) is 11.1 Å². The maximum Gasteiger partial charge on any atom is 0.306 e. The first-order valence-corrected chi connectivity index (χ1v) is 4.53. The molecule has 1 aliphatic rings. The van der Waals surface area contributed by atoms with Gasteiger partial charge in [0, 0.05) is 21.7 Å². The summed E-state index contributed by atoms with van der Waals surface area (Å²) in [7, 11) is 0. The van der Waals surface area contributed by atoms with Crippen molar-refractivity contribution in [1.82, 2.24) is 0 Å². The predicted octanol–water partition coefficient (Wildman–Crippen LogP) is 2.43. The van der Waals surface area contributed by atoms with Crippen LogP contribution in [-0.2, 0) is 26.5 Å². The van der Waals surface area contributed by atoms with E-state index in [0.717, 1.165) is 25.7 Å². The largest absolute Gasteiger partial charge is 0.481 e. The molecule has 0 amide bonds. The SMILES string of the molecule is O=C(O)C1CCCCCCC1.[Ti]. The first kappa shape index (κ1) is 12.2. The Balaban J connectivity index is 0.00000121. The van der Waals surface area contributed by atoms with Crippen LogP contribution in [0.3, 0.4) is 0 Å². The smallest absolute Gasteiger partial charge is 0.306 e. The predicted molar refractivity (Wildman–Crippen MR) is 43.4 cm³/mol. The summed E-state index contributed by atoms with van der Waals surface area (Å²) >= 11 is 0. The minimum atomic E-state index is -0.591. The Bertz CT molecular complexity index is 128. The summed E-state index contributed by atoms with van der Waals surface area (Å²) in [5.41, 5.74) is 0. The van der Waals surface area contributed by atoms with Gasteiger partial charge >= 0.3 is 5.97 Å². The first-order valence-electron chi connectivity index (χ1n) is 4.53. The maximum atomic E-state index is 10.6. The van der Waals surface area contributed by atoms with E-state index < -0.39 is 5.97 Å². The van der Waals surface area contributed by atoms with E-state index in [1.165, 1.54) is 19.3 Å². The van der Waals surface area contributed by atoms with Gasteiger partial charge in [0.2, 0.25) is 0 Å². The summed E-state index contributed by atoms with van der Waals surface area (Å²) in [6.45, 7) is 0. The third-order valence-electron chi connectivity index (χ3n) is 2.45. The van der Waals surface area contributed by atoms with Crippen molar-refractivity contribution >= 4 is 5.97 Å². The van der Waals surface area contributed by atoms with Gasteiger partial charge in [-0.2, -0.15) is 0 Å². The number of carbonyl (C=O) groups is 1. The first-order chi connectivity index (χ1) is 5.30.